The molecule has 0 unspecified atom stereocenters. The minimum Gasteiger partial charge on any atom is -0.364 e. The lowest BCUT2D eigenvalue weighted by atomic mass is 10.1. The zero-order valence-corrected chi connectivity index (χ0v) is 11.8. The molecule has 0 atom stereocenters. The number of aromatic nitrogens is 3. The lowest BCUT2D eigenvalue weighted by molar-refractivity contribution is 0.0821. The van der Waals surface area contributed by atoms with Crippen molar-refractivity contribution in [1.82, 2.24) is 20.1 Å². The summed E-state index contributed by atoms with van der Waals surface area (Å²) < 4.78 is 0. The molecule has 104 valence electrons. The molecule has 0 fully saturated rings. The summed E-state index contributed by atoms with van der Waals surface area (Å²) in [6, 6.07) is 5.37. The molecular formula is C14H17N5O. The molecule has 2 aromatic rings. The first kappa shape index (κ1) is 13.9. The van der Waals surface area contributed by atoms with Crippen LogP contribution in [0.15, 0.2) is 30.6 Å². The van der Waals surface area contributed by atoms with Crippen molar-refractivity contribution in [2.45, 2.75) is 13.5 Å². The van der Waals surface area contributed by atoms with E-state index in [1.807, 2.05) is 19.2 Å². The van der Waals surface area contributed by atoms with Gasteiger partial charge in [0.25, 0.3) is 5.91 Å². The predicted molar refractivity (Wildman–Crippen MR) is 76.4 cm³/mol. The Morgan fingerprint density at radius 1 is 1.25 bits per heavy atom. The Hall–Kier alpha value is -2.50. The van der Waals surface area contributed by atoms with Crippen LogP contribution in [0.1, 0.15) is 21.6 Å². The third-order valence-corrected chi connectivity index (χ3v) is 2.90. The Morgan fingerprint density at radius 2 is 2.05 bits per heavy atom. The molecule has 0 spiro atoms. The Labute approximate surface area is 117 Å². The van der Waals surface area contributed by atoms with E-state index in [0.29, 0.717) is 18.1 Å². The van der Waals surface area contributed by atoms with E-state index >= 15 is 0 Å². The Kier molecular flexibility index (Phi) is 4.24. The van der Waals surface area contributed by atoms with Crippen LogP contribution in [0.4, 0.5) is 5.82 Å². The molecule has 20 heavy (non-hydrogen) atoms. The van der Waals surface area contributed by atoms with Crippen LogP contribution in [0.5, 0.6) is 0 Å². The topological polar surface area (TPSA) is 71.0 Å². The van der Waals surface area contributed by atoms with Gasteiger partial charge in [-0.3, -0.25) is 9.78 Å². The fourth-order valence-corrected chi connectivity index (χ4v) is 1.64. The second kappa shape index (κ2) is 6.10. The van der Waals surface area contributed by atoms with Gasteiger partial charge in [0.15, 0.2) is 5.69 Å². The first-order valence-electron chi connectivity index (χ1n) is 6.26. The van der Waals surface area contributed by atoms with Crippen molar-refractivity contribution in [3.05, 3.63) is 47.4 Å². The zero-order valence-electron chi connectivity index (χ0n) is 11.8. The summed E-state index contributed by atoms with van der Waals surface area (Å²) in [5.41, 5.74) is 2.60. The van der Waals surface area contributed by atoms with Gasteiger partial charge in [0.05, 0.1) is 0 Å². The number of hydrogen-bond acceptors (Lipinski definition) is 5. The molecule has 2 heterocycles. The molecule has 0 saturated heterocycles. The minimum atomic E-state index is -0.160. The summed E-state index contributed by atoms with van der Waals surface area (Å²) in [4.78, 5) is 17.2. The molecule has 0 radical (unpaired) electrons. The first-order valence-corrected chi connectivity index (χ1v) is 6.26. The normalized spacial score (nSPS) is 10.2. The zero-order chi connectivity index (χ0) is 14.5. The van der Waals surface area contributed by atoms with Gasteiger partial charge in [0.1, 0.15) is 5.82 Å². The molecule has 1 N–H and O–H groups in total. The number of rotatable bonds is 4. The number of nitrogens with zero attached hydrogens (tertiary/aromatic N) is 4. The number of carbonyl (C=O) groups excluding carboxylic acids is 1. The standard InChI is InChI=1S/C14H17N5O/c1-10-6-7-15-8-11(10)9-16-13-5-4-12(17-18-13)14(20)19(2)3/h4-8H,9H2,1-3H3,(H,16,18). The lowest BCUT2D eigenvalue weighted by Crippen LogP contribution is -2.23. The number of anilines is 1. The van der Waals surface area contributed by atoms with E-state index in [9.17, 15) is 4.79 Å². The van der Waals surface area contributed by atoms with Crippen molar-refractivity contribution in [2.24, 2.45) is 0 Å². The number of pyridine rings is 1. The fraction of sp³-hybridized carbons (Fsp3) is 0.286. The highest BCUT2D eigenvalue weighted by molar-refractivity contribution is 5.91. The molecule has 2 rings (SSSR count). The van der Waals surface area contributed by atoms with E-state index < -0.39 is 0 Å². The van der Waals surface area contributed by atoms with Gasteiger partial charge in [0.2, 0.25) is 0 Å². The van der Waals surface area contributed by atoms with Gasteiger partial charge in [-0.25, -0.2) is 0 Å². The quantitative estimate of drug-likeness (QED) is 0.912. The summed E-state index contributed by atoms with van der Waals surface area (Å²) >= 11 is 0. The summed E-state index contributed by atoms with van der Waals surface area (Å²) in [5, 5.41) is 11.1. The summed E-state index contributed by atoms with van der Waals surface area (Å²) in [6.07, 6.45) is 3.58. The largest absolute Gasteiger partial charge is 0.364 e. The highest BCUT2D eigenvalue weighted by Gasteiger charge is 2.09. The molecule has 0 bridgehead atoms. The highest BCUT2D eigenvalue weighted by Crippen LogP contribution is 2.09. The maximum Gasteiger partial charge on any atom is 0.273 e. The van der Waals surface area contributed by atoms with Crippen LogP contribution in [-0.2, 0) is 6.54 Å². The van der Waals surface area contributed by atoms with Gasteiger partial charge in [0, 0.05) is 33.0 Å². The Morgan fingerprint density at radius 3 is 2.65 bits per heavy atom. The SMILES string of the molecule is Cc1ccncc1CNc1ccc(C(=O)N(C)C)nn1. The summed E-state index contributed by atoms with van der Waals surface area (Å²) in [6.45, 7) is 2.65. The molecule has 6 heteroatoms. The van der Waals surface area contributed by atoms with Gasteiger partial charge >= 0.3 is 0 Å². The minimum absolute atomic E-state index is 0.160. The number of amides is 1. The summed E-state index contributed by atoms with van der Waals surface area (Å²) in [7, 11) is 3.36. The molecule has 0 aliphatic heterocycles. The average Bonchev–Trinajstić information content (AvgIpc) is 2.46. The van der Waals surface area contributed by atoms with Crippen LogP contribution in [0.3, 0.4) is 0 Å². The van der Waals surface area contributed by atoms with E-state index in [4.69, 9.17) is 0 Å². The van der Waals surface area contributed by atoms with Crippen molar-refractivity contribution < 1.29 is 4.79 Å². The van der Waals surface area contributed by atoms with Crippen LogP contribution in [0.25, 0.3) is 0 Å². The van der Waals surface area contributed by atoms with Gasteiger partial charge in [-0.2, -0.15) is 0 Å². The summed E-state index contributed by atoms with van der Waals surface area (Å²) in [5.74, 6) is 0.468. The van der Waals surface area contributed by atoms with Crippen molar-refractivity contribution >= 4 is 11.7 Å². The third kappa shape index (κ3) is 3.28. The third-order valence-electron chi connectivity index (χ3n) is 2.90. The number of nitrogens with one attached hydrogen (secondary N) is 1. The van der Waals surface area contributed by atoms with Crippen LogP contribution in [-0.4, -0.2) is 40.1 Å². The van der Waals surface area contributed by atoms with E-state index in [-0.39, 0.29) is 5.91 Å². The lowest BCUT2D eigenvalue weighted by Gasteiger charge is -2.10. The average molecular weight is 271 g/mol. The Balaban J connectivity index is 2.01. The molecular weight excluding hydrogens is 254 g/mol. The van der Waals surface area contributed by atoms with E-state index in [1.54, 1.807) is 32.4 Å². The molecule has 0 aliphatic rings. The van der Waals surface area contributed by atoms with Crippen molar-refractivity contribution in [3.63, 3.8) is 0 Å². The molecule has 2 aromatic heterocycles. The molecule has 6 nitrogen and oxygen atoms in total. The molecule has 0 saturated carbocycles. The van der Waals surface area contributed by atoms with Crippen LogP contribution in [0.2, 0.25) is 0 Å². The van der Waals surface area contributed by atoms with Gasteiger partial charge in [-0.15, -0.1) is 10.2 Å². The van der Waals surface area contributed by atoms with Crippen molar-refractivity contribution in [3.8, 4) is 0 Å². The second-order valence-electron chi connectivity index (χ2n) is 4.66. The molecule has 1 amide bonds. The Bertz CT molecular complexity index is 595. The highest BCUT2D eigenvalue weighted by atomic mass is 16.2. The van der Waals surface area contributed by atoms with E-state index in [1.165, 1.54) is 10.5 Å². The smallest absolute Gasteiger partial charge is 0.273 e. The monoisotopic (exact) mass is 271 g/mol. The predicted octanol–water partition coefficient (Wildman–Crippen LogP) is 1.49. The maximum atomic E-state index is 11.7. The van der Waals surface area contributed by atoms with Crippen LogP contribution < -0.4 is 5.32 Å². The van der Waals surface area contributed by atoms with Crippen LogP contribution in [0, 0.1) is 6.92 Å². The first-order chi connectivity index (χ1) is 9.58. The van der Waals surface area contributed by atoms with Gasteiger partial charge < -0.3 is 10.2 Å². The number of hydrogen-bond donors (Lipinski definition) is 1. The fourth-order valence-electron chi connectivity index (χ4n) is 1.64. The number of aryl methyl sites for hydroxylation is 1. The van der Waals surface area contributed by atoms with Gasteiger partial charge in [-0.05, 0) is 36.2 Å². The van der Waals surface area contributed by atoms with E-state index in [2.05, 4.69) is 20.5 Å². The number of carbonyl (C=O) groups is 1. The molecule has 0 aromatic carbocycles. The second-order valence-corrected chi connectivity index (χ2v) is 4.66. The van der Waals surface area contributed by atoms with Crippen LogP contribution >= 0.6 is 0 Å². The van der Waals surface area contributed by atoms with E-state index in [0.717, 1.165) is 5.56 Å². The van der Waals surface area contributed by atoms with Gasteiger partial charge in [-0.1, -0.05) is 0 Å². The van der Waals surface area contributed by atoms with Crippen molar-refractivity contribution in [1.29, 1.82) is 0 Å². The van der Waals surface area contributed by atoms with Crippen molar-refractivity contribution in [2.75, 3.05) is 19.4 Å². The maximum absolute atomic E-state index is 11.7. The molecule has 0 aliphatic carbocycles.